The number of fused-ring (bicyclic) bond motifs is 1. The molecule has 1 saturated carbocycles. The van der Waals surface area contributed by atoms with Crippen LogP contribution in [0.3, 0.4) is 0 Å². The van der Waals surface area contributed by atoms with Crippen molar-refractivity contribution in [2.24, 2.45) is 5.41 Å². The third kappa shape index (κ3) is 2.89. The van der Waals surface area contributed by atoms with Crippen LogP contribution in [0, 0.1) is 11.2 Å². The molecule has 0 spiro atoms. The molecule has 1 unspecified atom stereocenters. The third-order valence-electron chi connectivity index (χ3n) is 6.60. The maximum absolute atomic E-state index is 15.1. The van der Waals surface area contributed by atoms with E-state index in [1.54, 1.807) is 0 Å². The van der Waals surface area contributed by atoms with Gasteiger partial charge in [0.15, 0.2) is 5.78 Å². The van der Waals surface area contributed by atoms with Crippen LogP contribution in [0.4, 0.5) is 10.2 Å². The number of halogens is 2. The van der Waals surface area contributed by atoms with Crippen molar-refractivity contribution in [3.8, 4) is 0 Å². The largest absolute Gasteiger partial charge is 0.343 e. The Morgan fingerprint density at radius 1 is 1.21 bits per heavy atom. The number of rotatable bonds is 2. The van der Waals surface area contributed by atoms with Gasteiger partial charge in [0.1, 0.15) is 11.6 Å². The Morgan fingerprint density at radius 2 is 1.97 bits per heavy atom. The molecular formula is C24H24BrFN2O. The second kappa shape index (κ2) is 6.24. The number of aromatic nitrogens is 1. The normalized spacial score (nSPS) is 25.3. The summed E-state index contributed by atoms with van der Waals surface area (Å²) in [5.74, 6) is 0.780. The molecule has 1 N–H and O–H groups in total. The lowest BCUT2D eigenvalue weighted by molar-refractivity contribution is -0.118. The van der Waals surface area contributed by atoms with E-state index in [2.05, 4.69) is 47.0 Å². The average Bonchev–Trinajstić information content (AvgIpc) is 3.45. The van der Waals surface area contributed by atoms with Crippen molar-refractivity contribution in [2.75, 3.05) is 5.32 Å². The molecule has 2 aliphatic carbocycles. The zero-order valence-corrected chi connectivity index (χ0v) is 18.5. The second-order valence-electron chi connectivity index (χ2n) is 9.57. The van der Waals surface area contributed by atoms with Gasteiger partial charge in [0.05, 0.1) is 11.6 Å². The maximum atomic E-state index is 15.1. The van der Waals surface area contributed by atoms with Crippen molar-refractivity contribution < 1.29 is 9.18 Å². The number of anilines is 1. The van der Waals surface area contributed by atoms with Gasteiger partial charge in [0, 0.05) is 33.3 Å². The average molecular weight is 455 g/mol. The third-order valence-corrected chi connectivity index (χ3v) is 7.10. The zero-order valence-electron chi connectivity index (χ0n) is 16.9. The first-order valence-electron chi connectivity index (χ1n) is 10.2. The van der Waals surface area contributed by atoms with E-state index in [4.69, 9.17) is 0 Å². The minimum atomic E-state index is -0.736. The summed E-state index contributed by atoms with van der Waals surface area (Å²) in [6, 6.07) is 8.04. The van der Waals surface area contributed by atoms with E-state index in [0.29, 0.717) is 12.2 Å². The fourth-order valence-electron chi connectivity index (χ4n) is 5.24. The van der Waals surface area contributed by atoms with Crippen LogP contribution in [0.1, 0.15) is 69.1 Å². The molecule has 3 nitrogen and oxygen atoms in total. The Morgan fingerprint density at radius 3 is 2.66 bits per heavy atom. The number of allylic oxidation sites excluding steroid dienone is 2. The molecule has 1 atom stereocenters. The lowest BCUT2D eigenvalue weighted by atomic mass is 9.61. The first-order valence-corrected chi connectivity index (χ1v) is 11.0. The van der Waals surface area contributed by atoms with Crippen molar-refractivity contribution >= 4 is 27.5 Å². The van der Waals surface area contributed by atoms with Crippen LogP contribution in [-0.4, -0.2) is 10.8 Å². The van der Waals surface area contributed by atoms with Gasteiger partial charge in [0.25, 0.3) is 0 Å². The van der Waals surface area contributed by atoms with Crippen LogP contribution in [0.25, 0.3) is 0 Å². The maximum Gasteiger partial charge on any atom is 0.162 e. The number of nitrogens with one attached hydrogen (secondary N) is 1. The molecule has 0 saturated heterocycles. The summed E-state index contributed by atoms with van der Waals surface area (Å²) in [5, 5.41) is 3.44. The monoisotopic (exact) mass is 454 g/mol. The summed E-state index contributed by atoms with van der Waals surface area (Å²) in [4.78, 5) is 17.9. The number of pyridine rings is 1. The van der Waals surface area contributed by atoms with E-state index < -0.39 is 5.41 Å². The zero-order chi connectivity index (χ0) is 20.6. The molecule has 1 fully saturated rings. The molecule has 1 aromatic heterocycles. The number of benzene rings is 1. The molecule has 5 heteroatoms. The Hall–Kier alpha value is -2.01. The van der Waals surface area contributed by atoms with E-state index in [1.807, 2.05) is 24.3 Å². The van der Waals surface area contributed by atoms with Gasteiger partial charge >= 0.3 is 0 Å². The highest BCUT2D eigenvalue weighted by atomic mass is 79.9. The molecule has 1 aromatic carbocycles. The van der Waals surface area contributed by atoms with Crippen molar-refractivity contribution in [3.63, 3.8) is 0 Å². The standard InChI is InChI=1S/C24H24BrFN2O/c1-23(2)10-17-20(18(29)11-23)24(3,14-5-4-6-15(25)9-14)21-19(13-7-8-13)16(26)12-27-22(21)28-17/h4-6,9,12-13H,7-8,10-11H2,1-3H3,(H,27,28). The molecular weight excluding hydrogens is 431 g/mol. The summed E-state index contributed by atoms with van der Waals surface area (Å²) in [6.45, 7) is 6.32. The molecule has 0 amide bonds. The minimum Gasteiger partial charge on any atom is -0.343 e. The number of nitrogens with zero attached hydrogens (tertiary/aromatic N) is 1. The van der Waals surface area contributed by atoms with Gasteiger partial charge in [-0.1, -0.05) is 41.9 Å². The predicted molar refractivity (Wildman–Crippen MR) is 115 cm³/mol. The number of hydrogen-bond donors (Lipinski definition) is 1. The topological polar surface area (TPSA) is 42.0 Å². The Bertz CT molecular complexity index is 1090. The van der Waals surface area contributed by atoms with Crippen LogP contribution in [0.15, 0.2) is 46.2 Å². The minimum absolute atomic E-state index is 0.113. The summed E-state index contributed by atoms with van der Waals surface area (Å²) in [7, 11) is 0. The SMILES string of the molecule is CC1(C)CC(=O)C2=C(C1)Nc1ncc(F)c(C3CC3)c1C2(C)c1cccc(Br)c1. The second-order valence-corrected chi connectivity index (χ2v) is 10.5. The molecule has 0 bridgehead atoms. The molecule has 2 aromatic rings. The number of hydrogen-bond acceptors (Lipinski definition) is 3. The lowest BCUT2D eigenvalue weighted by Gasteiger charge is -2.45. The molecule has 150 valence electrons. The summed E-state index contributed by atoms with van der Waals surface area (Å²) in [5.41, 5.74) is 3.42. The summed E-state index contributed by atoms with van der Waals surface area (Å²) < 4.78 is 16.0. The van der Waals surface area contributed by atoms with Crippen LogP contribution < -0.4 is 5.32 Å². The van der Waals surface area contributed by atoms with Gasteiger partial charge < -0.3 is 5.32 Å². The lowest BCUT2D eigenvalue weighted by Crippen LogP contribution is -2.43. The molecule has 0 radical (unpaired) electrons. The van der Waals surface area contributed by atoms with Gasteiger partial charge in [-0.3, -0.25) is 4.79 Å². The van der Waals surface area contributed by atoms with Crippen LogP contribution >= 0.6 is 15.9 Å². The van der Waals surface area contributed by atoms with E-state index in [1.165, 1.54) is 6.20 Å². The van der Waals surface area contributed by atoms with Crippen LogP contribution in [0.5, 0.6) is 0 Å². The number of carbonyl (C=O) groups is 1. The summed E-state index contributed by atoms with van der Waals surface area (Å²) >= 11 is 3.58. The fraction of sp³-hybridized carbons (Fsp3) is 0.417. The van der Waals surface area contributed by atoms with E-state index in [9.17, 15) is 4.79 Å². The molecule has 29 heavy (non-hydrogen) atoms. The van der Waals surface area contributed by atoms with Gasteiger partial charge in [0.2, 0.25) is 0 Å². The molecule has 1 aliphatic heterocycles. The number of Topliss-reactive ketones (excluding diaryl/α,β-unsaturated/α-hetero) is 1. The first-order chi connectivity index (χ1) is 13.7. The van der Waals surface area contributed by atoms with Gasteiger partial charge in [-0.05, 0) is 55.2 Å². The highest BCUT2D eigenvalue weighted by Gasteiger charge is 2.50. The van der Waals surface area contributed by atoms with Crippen molar-refractivity contribution in [1.29, 1.82) is 0 Å². The quantitative estimate of drug-likeness (QED) is 0.583. The Balaban J connectivity index is 1.85. The first kappa shape index (κ1) is 19.0. The number of carbonyl (C=O) groups excluding carboxylic acids is 1. The van der Waals surface area contributed by atoms with Crippen molar-refractivity contribution in [2.45, 2.75) is 57.8 Å². The van der Waals surface area contributed by atoms with Crippen LogP contribution in [-0.2, 0) is 10.2 Å². The Kier molecular flexibility index (Phi) is 4.09. The predicted octanol–water partition coefficient (Wildman–Crippen LogP) is 6.24. The van der Waals surface area contributed by atoms with Crippen LogP contribution in [0.2, 0.25) is 0 Å². The van der Waals surface area contributed by atoms with E-state index in [-0.39, 0.29) is 22.9 Å². The van der Waals surface area contributed by atoms with Gasteiger partial charge in [-0.2, -0.15) is 0 Å². The van der Waals surface area contributed by atoms with Gasteiger partial charge in [-0.15, -0.1) is 0 Å². The Labute approximate surface area is 178 Å². The molecule has 5 rings (SSSR count). The highest BCUT2D eigenvalue weighted by molar-refractivity contribution is 9.10. The summed E-state index contributed by atoms with van der Waals surface area (Å²) in [6.07, 6.45) is 4.56. The van der Waals surface area contributed by atoms with Crippen molar-refractivity contribution in [3.05, 3.63) is 68.7 Å². The molecule has 3 aliphatic rings. The fourth-order valence-corrected chi connectivity index (χ4v) is 5.64. The van der Waals surface area contributed by atoms with E-state index >= 15 is 4.39 Å². The van der Waals surface area contributed by atoms with Gasteiger partial charge in [-0.25, -0.2) is 9.37 Å². The van der Waals surface area contributed by atoms with Crippen molar-refractivity contribution in [1.82, 2.24) is 4.98 Å². The smallest absolute Gasteiger partial charge is 0.162 e. The molecule has 2 heterocycles. The highest BCUT2D eigenvalue weighted by Crippen LogP contribution is 2.56. The van der Waals surface area contributed by atoms with E-state index in [0.717, 1.165) is 51.7 Å². The number of ketones is 1.